The molecule has 0 radical (unpaired) electrons. The third-order valence-electron chi connectivity index (χ3n) is 15.1. The van der Waals surface area contributed by atoms with Gasteiger partial charge < -0.3 is 44.6 Å². The Bertz CT molecular complexity index is 2650. The Morgan fingerprint density at radius 3 is 1.88 bits per heavy atom. The molecule has 15 nitrogen and oxygen atoms in total. The Hall–Kier alpha value is -6.22. The molecule has 2 aliphatic carbocycles. The minimum absolute atomic E-state index is 0.0113. The Labute approximate surface area is 384 Å². The Morgan fingerprint density at radius 2 is 1.24 bits per heavy atom. The number of rotatable bonds is 11. The average Bonchev–Trinajstić information content (AvgIpc) is 3.78. The number of hydrogen-bond acceptors (Lipinski definition) is 9. The highest BCUT2D eigenvalue weighted by Gasteiger charge is 2.62. The van der Waals surface area contributed by atoms with E-state index in [0.717, 1.165) is 75.3 Å². The topological polar surface area (TPSA) is 184 Å². The predicted octanol–water partition coefficient (Wildman–Crippen LogP) is 8.17. The molecule has 15 heteroatoms. The first-order valence-electron chi connectivity index (χ1n) is 23.5. The van der Waals surface area contributed by atoms with Crippen LogP contribution in [0, 0.1) is 29.6 Å². The zero-order valence-corrected chi connectivity index (χ0v) is 38.6. The van der Waals surface area contributed by atoms with Gasteiger partial charge in [-0.05, 0) is 115 Å². The molecule has 3 aliphatic heterocycles. The maximum Gasteiger partial charge on any atom is 0.407 e. The van der Waals surface area contributed by atoms with Crippen LogP contribution in [0.15, 0.2) is 73.1 Å². The summed E-state index contributed by atoms with van der Waals surface area (Å²) in [5, 5.41) is 7.86. The molecule has 0 spiro atoms. The van der Waals surface area contributed by atoms with Gasteiger partial charge in [0.15, 0.2) is 0 Å². The minimum atomic E-state index is -0.707. The van der Waals surface area contributed by atoms with E-state index in [1.165, 1.54) is 14.2 Å². The van der Waals surface area contributed by atoms with Gasteiger partial charge in [-0.3, -0.25) is 9.59 Å². The number of carbonyl (C=O) groups excluding carboxylic acids is 4. The smallest absolute Gasteiger partial charge is 0.407 e. The fourth-order valence-electron chi connectivity index (χ4n) is 11.5. The second-order valence-electron chi connectivity index (χ2n) is 19.7. The summed E-state index contributed by atoms with van der Waals surface area (Å²) in [4.78, 5) is 73.8. The summed E-state index contributed by atoms with van der Waals surface area (Å²) in [6, 6.07) is 19.8. The number of ether oxygens (including phenoxy) is 3. The molecular weight excluding hydrogens is 837 g/mol. The number of H-pyrrole nitrogens is 2. The summed E-state index contributed by atoms with van der Waals surface area (Å²) in [7, 11) is 2.63. The van der Waals surface area contributed by atoms with E-state index in [4.69, 9.17) is 24.2 Å². The number of likely N-dealkylation sites (tertiary alicyclic amines) is 2. The van der Waals surface area contributed by atoms with Gasteiger partial charge in [0.25, 0.3) is 0 Å². The molecule has 2 saturated carbocycles. The summed E-state index contributed by atoms with van der Waals surface area (Å²) in [6.07, 6.45) is 6.44. The van der Waals surface area contributed by atoms with Crippen LogP contribution in [0.2, 0.25) is 0 Å². The number of piperidine rings is 2. The van der Waals surface area contributed by atoms with Crippen molar-refractivity contribution < 1.29 is 33.4 Å². The van der Waals surface area contributed by atoms with Crippen molar-refractivity contribution in [2.45, 2.75) is 115 Å². The average molecular weight is 897 g/mol. The van der Waals surface area contributed by atoms with E-state index < -0.39 is 24.3 Å². The van der Waals surface area contributed by atoms with Gasteiger partial charge in [0.1, 0.15) is 23.7 Å². The van der Waals surface area contributed by atoms with Crippen LogP contribution in [0.4, 0.5) is 9.59 Å². The molecule has 5 heterocycles. The number of amides is 4. The number of nitrogens with zero attached hydrogens (tertiary/aromatic N) is 4. The first kappa shape index (κ1) is 43.7. The highest BCUT2D eigenvalue weighted by atomic mass is 16.5. The summed E-state index contributed by atoms with van der Waals surface area (Å²) in [6.45, 7) is 10.1. The molecule has 5 aliphatic rings. The standard InChI is InChI=1S/C51H60N8O7/c1-25(2)43(56-50(62)64-6)48(60)59-42(22-37-28(5)45(37)59)47-52-23-38(54-47)30-10-8-29(9-11-30)31-12-13-33-19-34(15-14-32(33)18-31)39-24-53-46(55-39)41-21-35-20-40(35)58(41)49(61)44(57-51(63)65-7)36-16-26(3)66-27(4)17-36/h8-15,18-19,23-28,35-37,40-45H,16-17,20-22H2,1-7H3,(H,52,54)(H,53,55)(H,56,62)(H,57,63)/t26-,27+,28-,35-,36+,37?,40-,41+,42+,43+,44?,45?/m1/s1. The number of methoxy groups -OCH3 is 2. The van der Waals surface area contributed by atoms with Crippen LogP contribution in [0.1, 0.15) is 90.5 Å². The summed E-state index contributed by atoms with van der Waals surface area (Å²) < 4.78 is 15.8. The number of alkyl carbamates (subject to hydrolysis) is 2. The monoisotopic (exact) mass is 896 g/mol. The summed E-state index contributed by atoms with van der Waals surface area (Å²) >= 11 is 0. The van der Waals surface area contributed by atoms with Crippen molar-refractivity contribution in [2.24, 2.45) is 29.6 Å². The lowest BCUT2D eigenvalue weighted by Crippen LogP contribution is -2.55. The molecule has 346 valence electrons. The Kier molecular flexibility index (Phi) is 11.4. The van der Waals surface area contributed by atoms with Gasteiger partial charge in [0, 0.05) is 17.6 Å². The van der Waals surface area contributed by atoms with Crippen molar-refractivity contribution in [1.82, 2.24) is 40.4 Å². The third kappa shape index (κ3) is 8.09. The number of carbonyl (C=O) groups is 4. The SMILES string of the molecule is COC(=O)NC(C(=O)N1[C@@H]2C[C@@H]2C[C@H]1c1ncc(-c2ccc3cc(-c4ccc(-c5cnc([C@@H]6CC7C([C@@H]7C)N6C(=O)[C@@H](NC(=O)OC)C(C)C)[nH]5)cc4)ccc3c2)[nH]1)[C@H]1C[C@@H](C)O[C@@H](C)C1. The minimum Gasteiger partial charge on any atom is -0.453 e. The van der Waals surface area contributed by atoms with Crippen LogP contribution in [0.3, 0.4) is 0 Å². The third-order valence-corrected chi connectivity index (χ3v) is 15.1. The van der Waals surface area contributed by atoms with E-state index in [-0.39, 0.29) is 60.0 Å². The number of fused-ring (bicyclic) bond motifs is 3. The molecule has 66 heavy (non-hydrogen) atoms. The van der Waals surface area contributed by atoms with Gasteiger partial charge in [0.05, 0.1) is 62.3 Å². The molecule has 4 N–H and O–H groups in total. The molecule has 2 aromatic heterocycles. The second-order valence-corrected chi connectivity index (χ2v) is 19.7. The largest absolute Gasteiger partial charge is 0.453 e. The van der Waals surface area contributed by atoms with Crippen molar-refractivity contribution in [3.05, 3.63) is 84.7 Å². The normalized spacial score (nSPS) is 28.4. The van der Waals surface area contributed by atoms with Gasteiger partial charge in [-0.1, -0.05) is 69.3 Å². The van der Waals surface area contributed by atoms with Crippen LogP contribution in [0.5, 0.6) is 0 Å². The van der Waals surface area contributed by atoms with Crippen molar-refractivity contribution in [2.75, 3.05) is 14.2 Å². The van der Waals surface area contributed by atoms with Crippen LogP contribution in [0.25, 0.3) is 44.4 Å². The van der Waals surface area contributed by atoms with Crippen LogP contribution in [-0.4, -0.2) is 104 Å². The van der Waals surface area contributed by atoms with Gasteiger partial charge in [-0.25, -0.2) is 19.6 Å². The van der Waals surface area contributed by atoms with Crippen LogP contribution < -0.4 is 10.6 Å². The first-order valence-corrected chi connectivity index (χ1v) is 23.5. The quantitative estimate of drug-likeness (QED) is 0.102. The second kappa shape index (κ2) is 17.2. The molecule has 5 fully saturated rings. The maximum absolute atomic E-state index is 14.5. The van der Waals surface area contributed by atoms with Gasteiger partial charge in [0.2, 0.25) is 11.8 Å². The lowest BCUT2D eigenvalue weighted by Gasteiger charge is -2.38. The lowest BCUT2D eigenvalue weighted by molar-refractivity contribution is -0.140. The number of imidazole rings is 2. The first-order chi connectivity index (χ1) is 31.8. The molecule has 5 aromatic rings. The maximum atomic E-state index is 14.5. The van der Waals surface area contributed by atoms with Crippen molar-refractivity contribution in [3.63, 3.8) is 0 Å². The molecule has 12 atom stereocenters. The number of benzene rings is 3. The molecule has 4 amide bonds. The van der Waals surface area contributed by atoms with Crippen LogP contribution >= 0.6 is 0 Å². The molecule has 3 aromatic carbocycles. The van der Waals surface area contributed by atoms with Gasteiger partial charge >= 0.3 is 12.2 Å². The van der Waals surface area contributed by atoms with Crippen molar-refractivity contribution >= 4 is 34.8 Å². The highest BCUT2D eigenvalue weighted by molar-refractivity contribution is 5.91. The van der Waals surface area contributed by atoms with Gasteiger partial charge in [-0.15, -0.1) is 0 Å². The van der Waals surface area contributed by atoms with Crippen molar-refractivity contribution in [1.29, 1.82) is 0 Å². The molecular formula is C51H60N8O7. The molecule has 0 bridgehead atoms. The molecule has 3 unspecified atom stereocenters. The van der Waals surface area contributed by atoms with E-state index in [2.05, 4.69) is 88.2 Å². The lowest BCUT2D eigenvalue weighted by atomic mass is 9.85. The Balaban J connectivity index is 0.824. The number of aromatic nitrogens is 4. The number of hydrogen-bond donors (Lipinski definition) is 4. The highest BCUT2D eigenvalue weighted by Crippen LogP contribution is 2.58. The van der Waals surface area contributed by atoms with E-state index in [0.29, 0.717) is 30.6 Å². The molecule has 10 rings (SSSR count). The van der Waals surface area contributed by atoms with E-state index >= 15 is 0 Å². The zero-order valence-electron chi connectivity index (χ0n) is 38.6. The molecule has 3 saturated heterocycles. The fraction of sp³-hybridized carbons (Fsp3) is 0.490. The van der Waals surface area contributed by atoms with Crippen LogP contribution in [-0.2, 0) is 23.8 Å². The van der Waals surface area contributed by atoms with E-state index in [1.807, 2.05) is 49.9 Å². The van der Waals surface area contributed by atoms with Gasteiger partial charge in [-0.2, -0.15) is 0 Å². The zero-order chi connectivity index (χ0) is 46.1. The van der Waals surface area contributed by atoms with Crippen molar-refractivity contribution in [3.8, 4) is 33.6 Å². The Morgan fingerprint density at radius 1 is 0.682 bits per heavy atom. The van der Waals surface area contributed by atoms with E-state index in [1.54, 1.807) is 0 Å². The summed E-state index contributed by atoms with van der Waals surface area (Å²) in [5.41, 5.74) is 5.93. The summed E-state index contributed by atoms with van der Waals surface area (Å²) in [5.74, 6) is 2.40. The van der Waals surface area contributed by atoms with E-state index in [9.17, 15) is 19.2 Å². The number of nitrogens with one attached hydrogen (secondary N) is 4. The predicted molar refractivity (Wildman–Crippen MR) is 248 cm³/mol. The fourth-order valence-corrected chi connectivity index (χ4v) is 11.5. The number of aromatic amines is 2.